The summed E-state index contributed by atoms with van der Waals surface area (Å²) < 4.78 is 53.4. The van der Waals surface area contributed by atoms with Gasteiger partial charge in [-0.25, -0.2) is 4.98 Å². The first-order valence-electron chi connectivity index (χ1n) is 10.9. The SMILES string of the molecule is O=C(c1cc[nH]c1OCC(F)(F)F)N1CCC(c2nc(-c3ccc4c(c3)OCCO4)cs2)CC1. The molecule has 0 spiro atoms. The number of halogens is 3. The molecular formula is C23H22F3N3O4S. The van der Waals surface area contributed by atoms with Crippen molar-refractivity contribution >= 4 is 17.2 Å². The Kier molecular flexibility index (Phi) is 6.11. The molecule has 2 aliphatic heterocycles. The molecule has 0 bridgehead atoms. The lowest BCUT2D eigenvalue weighted by atomic mass is 9.97. The molecule has 1 amide bonds. The molecule has 5 rings (SSSR count). The minimum atomic E-state index is -4.48. The number of piperidine rings is 1. The Labute approximate surface area is 197 Å². The molecule has 3 aromatic rings. The third-order valence-electron chi connectivity index (χ3n) is 5.81. The summed E-state index contributed by atoms with van der Waals surface area (Å²) in [5.74, 6) is 1.17. The lowest BCUT2D eigenvalue weighted by molar-refractivity contribution is -0.154. The second kappa shape index (κ2) is 9.21. The van der Waals surface area contributed by atoms with Crippen LogP contribution in [0, 0.1) is 0 Å². The standard InChI is InChI=1S/C23H22F3N3O4S/c24-23(25,26)13-33-20-16(3-6-27-20)22(30)29-7-4-14(5-8-29)21-28-17(12-34-21)15-1-2-18-19(11-15)32-10-9-31-18/h1-3,6,11-12,14,27H,4-5,7-10,13H2. The van der Waals surface area contributed by atoms with Crippen LogP contribution in [-0.4, -0.2) is 59.9 Å². The van der Waals surface area contributed by atoms with Gasteiger partial charge in [0, 0.05) is 36.1 Å². The van der Waals surface area contributed by atoms with Crippen LogP contribution in [0.25, 0.3) is 11.3 Å². The zero-order chi connectivity index (χ0) is 23.7. The van der Waals surface area contributed by atoms with E-state index in [0.717, 1.165) is 34.9 Å². The summed E-state index contributed by atoms with van der Waals surface area (Å²) >= 11 is 1.59. The smallest absolute Gasteiger partial charge is 0.422 e. The van der Waals surface area contributed by atoms with Crippen LogP contribution in [-0.2, 0) is 0 Å². The molecule has 2 aliphatic rings. The van der Waals surface area contributed by atoms with Crippen molar-refractivity contribution in [3.05, 3.63) is 46.4 Å². The summed E-state index contributed by atoms with van der Waals surface area (Å²) in [6.07, 6.45) is -1.62. The highest BCUT2D eigenvalue weighted by atomic mass is 32.1. The summed E-state index contributed by atoms with van der Waals surface area (Å²) in [6.45, 7) is 0.597. The number of fused-ring (bicyclic) bond motifs is 1. The number of H-pyrrole nitrogens is 1. The van der Waals surface area contributed by atoms with Crippen LogP contribution in [0.2, 0.25) is 0 Å². The first-order valence-corrected chi connectivity index (χ1v) is 11.8. The molecule has 11 heteroatoms. The fourth-order valence-corrected chi connectivity index (χ4v) is 5.11. The molecule has 1 N–H and O–H groups in total. The van der Waals surface area contributed by atoms with Crippen molar-refractivity contribution in [2.24, 2.45) is 0 Å². The number of hydrogen-bond acceptors (Lipinski definition) is 6. The molecular weight excluding hydrogens is 471 g/mol. The van der Waals surface area contributed by atoms with Crippen LogP contribution in [0.3, 0.4) is 0 Å². The molecule has 2 aromatic heterocycles. The Morgan fingerprint density at radius 3 is 2.71 bits per heavy atom. The monoisotopic (exact) mass is 493 g/mol. The molecule has 0 saturated carbocycles. The van der Waals surface area contributed by atoms with Crippen LogP contribution in [0.1, 0.15) is 34.1 Å². The van der Waals surface area contributed by atoms with Gasteiger partial charge in [-0.2, -0.15) is 13.2 Å². The fraction of sp³-hybridized carbons (Fsp3) is 0.391. The van der Waals surface area contributed by atoms with Gasteiger partial charge in [-0.15, -0.1) is 11.3 Å². The molecule has 1 saturated heterocycles. The third-order valence-corrected chi connectivity index (χ3v) is 6.82. The molecule has 0 unspecified atom stereocenters. The molecule has 1 fully saturated rings. The quantitative estimate of drug-likeness (QED) is 0.549. The Bertz CT molecular complexity index is 1170. The van der Waals surface area contributed by atoms with E-state index >= 15 is 0 Å². The van der Waals surface area contributed by atoms with Gasteiger partial charge in [0.15, 0.2) is 18.1 Å². The second-order valence-corrected chi connectivity index (χ2v) is 9.01. The van der Waals surface area contributed by atoms with E-state index < -0.39 is 12.8 Å². The summed E-state index contributed by atoms with van der Waals surface area (Å²) in [5, 5.41) is 3.02. The number of carbonyl (C=O) groups excluding carboxylic acids is 1. The number of nitrogens with one attached hydrogen (secondary N) is 1. The van der Waals surface area contributed by atoms with Crippen LogP contribution in [0.4, 0.5) is 13.2 Å². The Morgan fingerprint density at radius 1 is 1.18 bits per heavy atom. The number of aromatic nitrogens is 2. The van der Waals surface area contributed by atoms with Gasteiger partial charge in [0.25, 0.3) is 5.91 Å². The zero-order valence-corrected chi connectivity index (χ0v) is 18.9. The maximum Gasteiger partial charge on any atom is 0.422 e. The van der Waals surface area contributed by atoms with Gasteiger partial charge in [0.2, 0.25) is 5.88 Å². The Balaban J connectivity index is 1.21. The maximum absolute atomic E-state index is 12.9. The van der Waals surface area contributed by atoms with Crippen molar-refractivity contribution < 1.29 is 32.2 Å². The number of nitrogens with zero attached hydrogens (tertiary/aromatic N) is 2. The van der Waals surface area contributed by atoms with Crippen molar-refractivity contribution in [1.82, 2.24) is 14.9 Å². The van der Waals surface area contributed by atoms with E-state index in [0.29, 0.717) is 32.1 Å². The summed E-state index contributed by atoms with van der Waals surface area (Å²) in [6, 6.07) is 7.23. The largest absolute Gasteiger partial charge is 0.486 e. The summed E-state index contributed by atoms with van der Waals surface area (Å²) in [5.41, 5.74) is 1.94. The topological polar surface area (TPSA) is 76.7 Å². The van der Waals surface area contributed by atoms with Gasteiger partial charge in [-0.1, -0.05) is 0 Å². The van der Waals surface area contributed by atoms with Crippen molar-refractivity contribution in [2.75, 3.05) is 32.9 Å². The molecule has 4 heterocycles. The zero-order valence-electron chi connectivity index (χ0n) is 18.1. The number of aromatic amines is 1. The number of alkyl halides is 3. The highest BCUT2D eigenvalue weighted by Crippen LogP contribution is 2.37. The number of carbonyl (C=O) groups is 1. The van der Waals surface area contributed by atoms with Gasteiger partial charge in [0.05, 0.1) is 10.7 Å². The van der Waals surface area contributed by atoms with Crippen LogP contribution in [0.15, 0.2) is 35.8 Å². The maximum atomic E-state index is 12.9. The number of rotatable bonds is 5. The lowest BCUT2D eigenvalue weighted by Gasteiger charge is -2.31. The van der Waals surface area contributed by atoms with Crippen LogP contribution < -0.4 is 14.2 Å². The van der Waals surface area contributed by atoms with E-state index in [-0.39, 0.29) is 23.3 Å². The number of benzene rings is 1. The minimum Gasteiger partial charge on any atom is -0.486 e. The number of hydrogen-bond donors (Lipinski definition) is 1. The van der Waals surface area contributed by atoms with E-state index in [9.17, 15) is 18.0 Å². The fourth-order valence-electron chi connectivity index (χ4n) is 4.11. The highest BCUT2D eigenvalue weighted by Gasteiger charge is 2.31. The molecule has 0 radical (unpaired) electrons. The number of thiazole rings is 1. The molecule has 7 nitrogen and oxygen atoms in total. The summed E-state index contributed by atoms with van der Waals surface area (Å²) in [4.78, 5) is 21.9. The minimum absolute atomic E-state index is 0.109. The molecule has 0 aliphatic carbocycles. The van der Waals surface area contributed by atoms with E-state index in [1.807, 2.05) is 23.6 Å². The van der Waals surface area contributed by atoms with Crippen LogP contribution in [0.5, 0.6) is 17.4 Å². The van der Waals surface area contributed by atoms with E-state index in [1.165, 1.54) is 12.3 Å². The third kappa shape index (κ3) is 4.84. The van der Waals surface area contributed by atoms with Crippen molar-refractivity contribution in [1.29, 1.82) is 0 Å². The van der Waals surface area contributed by atoms with Gasteiger partial charge < -0.3 is 24.1 Å². The summed E-state index contributed by atoms with van der Waals surface area (Å²) in [7, 11) is 0. The van der Waals surface area contributed by atoms with Crippen molar-refractivity contribution in [3.8, 4) is 28.6 Å². The average Bonchev–Trinajstić information content (AvgIpc) is 3.52. The predicted molar refractivity (Wildman–Crippen MR) is 119 cm³/mol. The number of amides is 1. The van der Waals surface area contributed by atoms with E-state index in [1.54, 1.807) is 16.2 Å². The van der Waals surface area contributed by atoms with E-state index in [2.05, 4.69) is 4.98 Å². The normalized spacial score (nSPS) is 16.5. The van der Waals surface area contributed by atoms with E-state index in [4.69, 9.17) is 19.2 Å². The Hall–Kier alpha value is -3.21. The molecule has 34 heavy (non-hydrogen) atoms. The predicted octanol–water partition coefficient (Wildman–Crippen LogP) is 4.87. The first-order chi connectivity index (χ1) is 16.4. The highest BCUT2D eigenvalue weighted by molar-refractivity contribution is 7.10. The number of likely N-dealkylation sites (tertiary alicyclic amines) is 1. The lowest BCUT2D eigenvalue weighted by Crippen LogP contribution is -2.38. The van der Waals surface area contributed by atoms with Crippen molar-refractivity contribution in [3.63, 3.8) is 0 Å². The Morgan fingerprint density at radius 2 is 1.94 bits per heavy atom. The van der Waals surface area contributed by atoms with Crippen LogP contribution >= 0.6 is 11.3 Å². The van der Waals surface area contributed by atoms with Gasteiger partial charge >= 0.3 is 6.18 Å². The molecule has 1 aromatic carbocycles. The van der Waals surface area contributed by atoms with Gasteiger partial charge in [0.1, 0.15) is 18.8 Å². The van der Waals surface area contributed by atoms with Crippen molar-refractivity contribution in [2.45, 2.75) is 24.9 Å². The van der Waals surface area contributed by atoms with Gasteiger partial charge in [-0.05, 0) is 37.1 Å². The molecule has 0 atom stereocenters. The first kappa shape index (κ1) is 22.6. The second-order valence-electron chi connectivity index (χ2n) is 8.12. The number of ether oxygens (including phenoxy) is 3. The average molecular weight is 494 g/mol. The molecule has 180 valence electrons. The van der Waals surface area contributed by atoms with Gasteiger partial charge in [-0.3, -0.25) is 4.79 Å².